The highest BCUT2D eigenvalue weighted by atomic mass is 16.5. The van der Waals surface area contributed by atoms with E-state index in [-0.39, 0.29) is 12.1 Å². The zero-order chi connectivity index (χ0) is 10.4. The van der Waals surface area contributed by atoms with Gasteiger partial charge in [-0.25, -0.2) is 0 Å². The van der Waals surface area contributed by atoms with Gasteiger partial charge in [0, 0.05) is 19.6 Å². The molecule has 1 saturated heterocycles. The Hall–Kier alpha value is -0.870. The second-order valence-electron chi connectivity index (χ2n) is 3.27. The molecule has 0 spiro atoms. The summed E-state index contributed by atoms with van der Waals surface area (Å²) in [6.45, 7) is 8.48. The van der Waals surface area contributed by atoms with Crippen LogP contribution in [0.5, 0.6) is 0 Å². The molecule has 4 heteroatoms. The number of amides is 1. The zero-order valence-electron chi connectivity index (χ0n) is 8.66. The summed E-state index contributed by atoms with van der Waals surface area (Å²) in [6.07, 6.45) is 2.14. The summed E-state index contributed by atoms with van der Waals surface area (Å²) in [5.74, 6) is -0.0550. The first-order valence-corrected chi connectivity index (χ1v) is 5.05. The molecule has 0 aromatic rings. The average Bonchev–Trinajstić information content (AvgIpc) is 2.26. The highest BCUT2D eigenvalue weighted by Crippen LogP contribution is 2.06. The third kappa shape index (κ3) is 2.82. The van der Waals surface area contributed by atoms with Crippen LogP contribution in [0.4, 0.5) is 0 Å². The molecule has 0 aliphatic carbocycles. The van der Waals surface area contributed by atoms with Crippen LogP contribution in [0.2, 0.25) is 0 Å². The number of hydrogen-bond acceptors (Lipinski definition) is 3. The second-order valence-corrected chi connectivity index (χ2v) is 3.27. The number of nitrogens with one attached hydrogen (secondary N) is 1. The largest absolute Gasteiger partial charge is 0.356 e. The maximum atomic E-state index is 11.5. The van der Waals surface area contributed by atoms with Crippen LogP contribution >= 0.6 is 0 Å². The highest BCUT2D eigenvalue weighted by molar-refractivity contribution is 5.87. The molecule has 80 valence electrons. The number of nitrogens with zero attached hydrogens (tertiary/aromatic N) is 1. The van der Waals surface area contributed by atoms with Crippen molar-refractivity contribution >= 4 is 5.91 Å². The van der Waals surface area contributed by atoms with Crippen LogP contribution in [0.1, 0.15) is 13.3 Å². The van der Waals surface area contributed by atoms with Crippen molar-refractivity contribution in [2.75, 3.05) is 26.2 Å². The van der Waals surface area contributed by atoms with E-state index in [0.29, 0.717) is 13.2 Å². The average molecular weight is 198 g/mol. The Morgan fingerprint density at radius 2 is 2.57 bits per heavy atom. The van der Waals surface area contributed by atoms with E-state index in [1.807, 2.05) is 6.92 Å². The maximum Gasteiger partial charge on any atom is 0.248 e. The Morgan fingerprint density at radius 1 is 1.79 bits per heavy atom. The number of morpholine rings is 1. The minimum Gasteiger partial charge on any atom is -0.356 e. The molecule has 0 aromatic heterocycles. The van der Waals surface area contributed by atoms with Gasteiger partial charge in [-0.3, -0.25) is 4.79 Å². The van der Waals surface area contributed by atoms with Gasteiger partial charge in [-0.15, -0.1) is 0 Å². The fraction of sp³-hybridized carbons (Fsp3) is 0.700. The van der Waals surface area contributed by atoms with Gasteiger partial charge < -0.3 is 15.0 Å². The molecular weight excluding hydrogens is 180 g/mol. The SMILES string of the molecule is C=CC(=O)N(CCC)C1CNCCO1. The van der Waals surface area contributed by atoms with Crippen LogP contribution in [0.25, 0.3) is 0 Å². The van der Waals surface area contributed by atoms with E-state index in [4.69, 9.17) is 4.74 Å². The summed E-state index contributed by atoms with van der Waals surface area (Å²) in [5.41, 5.74) is 0. The summed E-state index contributed by atoms with van der Waals surface area (Å²) >= 11 is 0. The Morgan fingerprint density at radius 3 is 3.07 bits per heavy atom. The first-order valence-electron chi connectivity index (χ1n) is 5.05. The monoisotopic (exact) mass is 198 g/mol. The molecular formula is C10H18N2O2. The molecule has 1 unspecified atom stereocenters. The number of rotatable bonds is 4. The predicted molar refractivity (Wildman–Crippen MR) is 54.8 cm³/mol. The summed E-state index contributed by atoms with van der Waals surface area (Å²) in [4.78, 5) is 13.2. The van der Waals surface area contributed by atoms with Gasteiger partial charge in [0.1, 0.15) is 6.23 Å². The van der Waals surface area contributed by atoms with E-state index in [2.05, 4.69) is 11.9 Å². The Labute approximate surface area is 84.9 Å². The summed E-state index contributed by atoms with van der Waals surface area (Å²) in [5, 5.41) is 3.20. The van der Waals surface area contributed by atoms with Crippen LogP contribution in [0.15, 0.2) is 12.7 Å². The zero-order valence-corrected chi connectivity index (χ0v) is 8.66. The molecule has 0 saturated carbocycles. The van der Waals surface area contributed by atoms with Gasteiger partial charge >= 0.3 is 0 Å². The van der Waals surface area contributed by atoms with Crippen LogP contribution in [-0.2, 0) is 9.53 Å². The van der Waals surface area contributed by atoms with E-state index in [1.54, 1.807) is 4.90 Å². The van der Waals surface area contributed by atoms with Crippen LogP contribution < -0.4 is 5.32 Å². The van der Waals surface area contributed by atoms with Crippen molar-refractivity contribution in [3.8, 4) is 0 Å². The molecule has 1 N–H and O–H groups in total. The van der Waals surface area contributed by atoms with Crippen molar-refractivity contribution in [1.82, 2.24) is 10.2 Å². The third-order valence-corrected chi connectivity index (χ3v) is 2.18. The van der Waals surface area contributed by atoms with Gasteiger partial charge in [0.05, 0.1) is 6.61 Å². The number of hydrogen-bond donors (Lipinski definition) is 1. The quantitative estimate of drug-likeness (QED) is 0.663. The van der Waals surface area contributed by atoms with Gasteiger partial charge in [-0.05, 0) is 12.5 Å². The topological polar surface area (TPSA) is 41.6 Å². The smallest absolute Gasteiger partial charge is 0.248 e. The van der Waals surface area contributed by atoms with Gasteiger partial charge in [-0.2, -0.15) is 0 Å². The molecule has 1 rings (SSSR count). The molecule has 0 radical (unpaired) electrons. The standard InChI is InChI=1S/C10H18N2O2/c1-3-6-12(9(13)4-2)10-8-11-5-7-14-10/h4,10-11H,2-3,5-8H2,1H3. The number of carbonyl (C=O) groups is 1. The Balaban J connectivity index is 2.55. The predicted octanol–water partition coefficient (Wildman–Crippen LogP) is 0.357. The molecule has 1 atom stereocenters. The molecule has 14 heavy (non-hydrogen) atoms. The van der Waals surface area contributed by atoms with Gasteiger partial charge in [0.15, 0.2) is 0 Å². The van der Waals surface area contributed by atoms with Crippen molar-refractivity contribution in [1.29, 1.82) is 0 Å². The second kappa shape index (κ2) is 5.78. The molecule has 1 amide bonds. The van der Waals surface area contributed by atoms with Crippen molar-refractivity contribution < 1.29 is 9.53 Å². The fourth-order valence-electron chi connectivity index (χ4n) is 1.51. The van der Waals surface area contributed by atoms with Crippen molar-refractivity contribution in [3.05, 3.63) is 12.7 Å². The van der Waals surface area contributed by atoms with Gasteiger partial charge in [-0.1, -0.05) is 13.5 Å². The maximum absolute atomic E-state index is 11.5. The highest BCUT2D eigenvalue weighted by Gasteiger charge is 2.23. The number of carbonyl (C=O) groups excluding carboxylic acids is 1. The Bertz CT molecular complexity index is 200. The van der Waals surface area contributed by atoms with Gasteiger partial charge in [0.2, 0.25) is 5.91 Å². The van der Waals surface area contributed by atoms with E-state index in [0.717, 1.165) is 19.5 Å². The first kappa shape index (κ1) is 11.2. The van der Waals surface area contributed by atoms with Gasteiger partial charge in [0.25, 0.3) is 0 Å². The molecule has 4 nitrogen and oxygen atoms in total. The van der Waals surface area contributed by atoms with E-state index >= 15 is 0 Å². The van der Waals surface area contributed by atoms with Crippen LogP contribution in [0.3, 0.4) is 0 Å². The molecule has 1 aliphatic heterocycles. The summed E-state index contributed by atoms with van der Waals surface area (Å²) in [6, 6.07) is 0. The minimum absolute atomic E-state index is 0.0550. The lowest BCUT2D eigenvalue weighted by Gasteiger charge is -2.33. The first-order chi connectivity index (χ1) is 6.79. The number of ether oxygens (including phenoxy) is 1. The van der Waals surface area contributed by atoms with Crippen LogP contribution in [-0.4, -0.2) is 43.3 Å². The molecule has 1 fully saturated rings. The Kier molecular flexibility index (Phi) is 4.62. The van der Waals surface area contributed by atoms with Crippen LogP contribution in [0, 0.1) is 0 Å². The normalized spacial score (nSPS) is 21.6. The molecule has 1 aliphatic rings. The fourth-order valence-corrected chi connectivity index (χ4v) is 1.51. The minimum atomic E-state index is -0.130. The van der Waals surface area contributed by atoms with E-state index < -0.39 is 0 Å². The lowest BCUT2D eigenvalue weighted by atomic mass is 10.3. The lowest BCUT2D eigenvalue weighted by molar-refractivity contribution is -0.143. The van der Waals surface area contributed by atoms with Crippen molar-refractivity contribution in [2.24, 2.45) is 0 Å². The molecule has 1 heterocycles. The van der Waals surface area contributed by atoms with Crippen molar-refractivity contribution in [3.63, 3.8) is 0 Å². The molecule has 0 aromatic carbocycles. The summed E-state index contributed by atoms with van der Waals surface area (Å²) < 4.78 is 5.51. The van der Waals surface area contributed by atoms with E-state index in [1.165, 1.54) is 6.08 Å². The molecule has 0 bridgehead atoms. The van der Waals surface area contributed by atoms with E-state index in [9.17, 15) is 4.79 Å². The lowest BCUT2D eigenvalue weighted by Crippen LogP contribution is -2.51. The summed E-state index contributed by atoms with van der Waals surface area (Å²) in [7, 11) is 0. The van der Waals surface area contributed by atoms with Crippen molar-refractivity contribution in [2.45, 2.75) is 19.6 Å². The third-order valence-electron chi connectivity index (χ3n) is 2.18.